The Hall–Kier alpha value is -1.82. The van der Waals surface area contributed by atoms with E-state index >= 15 is 0 Å². The molecule has 0 fully saturated rings. The monoisotopic (exact) mass is 264 g/mol. The maximum atomic E-state index is 5.78. The van der Waals surface area contributed by atoms with Crippen LogP contribution in [-0.4, -0.2) is 30.1 Å². The number of benzene rings is 1. The van der Waals surface area contributed by atoms with E-state index in [1.165, 1.54) is 0 Å². The zero-order valence-corrected chi connectivity index (χ0v) is 11.3. The third kappa shape index (κ3) is 3.57. The van der Waals surface area contributed by atoms with Crippen molar-refractivity contribution in [2.24, 2.45) is 5.92 Å². The Kier molecular flexibility index (Phi) is 4.57. The first-order valence-corrected chi connectivity index (χ1v) is 6.51. The minimum Gasteiger partial charge on any atom is -0.397 e. The highest BCUT2D eigenvalue weighted by Crippen LogP contribution is 2.24. The van der Waals surface area contributed by atoms with E-state index in [0.29, 0.717) is 22.6 Å². The minimum absolute atomic E-state index is 0.571. The second-order valence-corrected chi connectivity index (χ2v) is 4.91. The molecule has 2 rings (SSSR count). The van der Waals surface area contributed by atoms with Crippen LogP contribution in [0.2, 0.25) is 0 Å². The lowest BCUT2D eigenvalue weighted by Crippen LogP contribution is -2.08. The van der Waals surface area contributed by atoms with Gasteiger partial charge in [-0.1, -0.05) is 13.8 Å². The summed E-state index contributed by atoms with van der Waals surface area (Å²) in [4.78, 5) is 0. The van der Waals surface area contributed by atoms with Gasteiger partial charge >= 0.3 is 0 Å². The molecule has 19 heavy (non-hydrogen) atoms. The highest BCUT2D eigenvalue weighted by molar-refractivity contribution is 5.94. The summed E-state index contributed by atoms with van der Waals surface area (Å²) in [5.41, 5.74) is 8.50. The van der Waals surface area contributed by atoms with Gasteiger partial charge in [-0.05, 0) is 34.8 Å². The van der Waals surface area contributed by atoms with E-state index < -0.39 is 0 Å². The van der Waals surface area contributed by atoms with Crippen LogP contribution in [0.5, 0.6) is 0 Å². The van der Waals surface area contributed by atoms with Gasteiger partial charge in [-0.3, -0.25) is 0 Å². The second kappa shape index (κ2) is 6.38. The maximum Gasteiger partial charge on any atom is 0.160 e. The number of hydrogen-bond donors (Lipinski definition) is 2. The maximum absolute atomic E-state index is 5.78. The van der Waals surface area contributed by atoms with Crippen molar-refractivity contribution in [1.82, 2.24) is 10.3 Å². The molecule has 0 saturated heterocycles. The van der Waals surface area contributed by atoms with E-state index in [1.807, 2.05) is 6.07 Å². The molecule has 0 aliphatic carbocycles. The number of fused-ring (bicyclic) bond motifs is 1. The molecule has 0 aliphatic heterocycles. The first kappa shape index (κ1) is 13.6. The van der Waals surface area contributed by atoms with Crippen LogP contribution in [-0.2, 0) is 4.74 Å². The molecule has 0 radical (unpaired) electrons. The highest BCUT2D eigenvalue weighted by Gasteiger charge is 2.09. The zero-order chi connectivity index (χ0) is 13.7. The van der Waals surface area contributed by atoms with Crippen LogP contribution < -0.4 is 11.1 Å². The molecular weight excluding hydrogens is 244 g/mol. The minimum atomic E-state index is 0.571. The van der Waals surface area contributed by atoms with Crippen molar-refractivity contribution in [3.63, 3.8) is 0 Å². The predicted octanol–water partition coefficient (Wildman–Crippen LogP) is 2.28. The standard InChI is InChI=1S/C13H20N4O2/c1-9(2)8-18-7-3-6-15-11-5-4-10(14)12-13(11)17-19-16-12/h4-5,9,15H,3,6-8,14H2,1-2H3. The summed E-state index contributed by atoms with van der Waals surface area (Å²) in [6.07, 6.45) is 0.934. The second-order valence-electron chi connectivity index (χ2n) is 4.91. The number of ether oxygens (including phenoxy) is 1. The van der Waals surface area contributed by atoms with E-state index in [9.17, 15) is 0 Å². The van der Waals surface area contributed by atoms with Gasteiger partial charge in [-0.15, -0.1) is 0 Å². The van der Waals surface area contributed by atoms with E-state index in [4.69, 9.17) is 15.1 Å². The van der Waals surface area contributed by atoms with Gasteiger partial charge < -0.3 is 15.8 Å². The SMILES string of the molecule is CC(C)COCCCNc1ccc(N)c2nonc12. The van der Waals surface area contributed by atoms with Crippen molar-refractivity contribution < 1.29 is 9.37 Å². The average molecular weight is 264 g/mol. The Morgan fingerprint density at radius 1 is 1.32 bits per heavy atom. The van der Waals surface area contributed by atoms with Crippen molar-refractivity contribution >= 4 is 22.4 Å². The molecule has 6 heteroatoms. The summed E-state index contributed by atoms with van der Waals surface area (Å²) in [5, 5.41) is 10.9. The number of nitrogens with two attached hydrogens (primary N) is 1. The number of nitrogens with one attached hydrogen (secondary N) is 1. The number of anilines is 2. The molecule has 0 bridgehead atoms. The van der Waals surface area contributed by atoms with Gasteiger partial charge in [0.05, 0.1) is 11.4 Å². The fourth-order valence-corrected chi connectivity index (χ4v) is 1.74. The van der Waals surface area contributed by atoms with E-state index in [-0.39, 0.29) is 0 Å². The van der Waals surface area contributed by atoms with Gasteiger partial charge in [0.1, 0.15) is 0 Å². The fraction of sp³-hybridized carbons (Fsp3) is 0.538. The van der Waals surface area contributed by atoms with Crippen molar-refractivity contribution in [3.05, 3.63) is 12.1 Å². The van der Waals surface area contributed by atoms with E-state index in [2.05, 4.69) is 29.5 Å². The van der Waals surface area contributed by atoms with Crippen molar-refractivity contribution in [3.8, 4) is 0 Å². The first-order chi connectivity index (χ1) is 9.18. The smallest absolute Gasteiger partial charge is 0.160 e. The normalized spacial score (nSPS) is 11.3. The molecule has 3 N–H and O–H groups in total. The third-order valence-corrected chi connectivity index (χ3v) is 2.68. The first-order valence-electron chi connectivity index (χ1n) is 6.51. The number of aromatic nitrogens is 2. The summed E-state index contributed by atoms with van der Waals surface area (Å²) < 4.78 is 10.2. The summed E-state index contributed by atoms with van der Waals surface area (Å²) in [6.45, 7) is 6.64. The van der Waals surface area contributed by atoms with Crippen LogP contribution in [0.3, 0.4) is 0 Å². The van der Waals surface area contributed by atoms with Gasteiger partial charge in [-0.2, -0.15) is 0 Å². The van der Waals surface area contributed by atoms with Gasteiger partial charge in [0, 0.05) is 19.8 Å². The molecule has 6 nitrogen and oxygen atoms in total. The molecule has 104 valence electrons. The largest absolute Gasteiger partial charge is 0.397 e. The average Bonchev–Trinajstić information content (AvgIpc) is 2.86. The summed E-state index contributed by atoms with van der Waals surface area (Å²) >= 11 is 0. The predicted molar refractivity (Wildman–Crippen MR) is 75.0 cm³/mol. The molecule has 1 aromatic heterocycles. The highest BCUT2D eigenvalue weighted by atomic mass is 16.6. The summed E-state index contributed by atoms with van der Waals surface area (Å²) in [7, 11) is 0. The molecule has 0 saturated carbocycles. The van der Waals surface area contributed by atoms with Gasteiger partial charge in [-0.25, -0.2) is 4.63 Å². The number of hydrogen-bond acceptors (Lipinski definition) is 6. The lowest BCUT2D eigenvalue weighted by Gasteiger charge is -2.08. The Bertz CT molecular complexity index is 524. The topological polar surface area (TPSA) is 86.2 Å². The van der Waals surface area contributed by atoms with Crippen molar-refractivity contribution in [2.45, 2.75) is 20.3 Å². The molecule has 0 spiro atoms. The Balaban J connectivity index is 1.82. The van der Waals surface area contributed by atoms with E-state index in [1.54, 1.807) is 6.07 Å². The van der Waals surface area contributed by atoms with Crippen molar-refractivity contribution in [2.75, 3.05) is 30.8 Å². The third-order valence-electron chi connectivity index (χ3n) is 2.68. The van der Waals surface area contributed by atoms with Gasteiger partial charge in [0.2, 0.25) is 0 Å². The van der Waals surface area contributed by atoms with Crippen LogP contribution in [0.1, 0.15) is 20.3 Å². The van der Waals surface area contributed by atoms with E-state index in [0.717, 1.165) is 31.9 Å². The molecular formula is C13H20N4O2. The Morgan fingerprint density at radius 3 is 2.89 bits per heavy atom. The van der Waals surface area contributed by atoms with Crippen molar-refractivity contribution in [1.29, 1.82) is 0 Å². The molecule has 1 aromatic carbocycles. The summed E-state index contributed by atoms with van der Waals surface area (Å²) in [6, 6.07) is 3.68. The quantitative estimate of drug-likeness (QED) is 0.589. The van der Waals surface area contributed by atoms with Gasteiger partial charge in [0.15, 0.2) is 11.0 Å². The molecule has 1 heterocycles. The lowest BCUT2D eigenvalue weighted by molar-refractivity contribution is 0.110. The Labute approximate surface area is 112 Å². The molecule has 0 unspecified atom stereocenters. The molecule has 2 aromatic rings. The Morgan fingerprint density at radius 2 is 2.11 bits per heavy atom. The molecule has 0 amide bonds. The fourth-order valence-electron chi connectivity index (χ4n) is 1.74. The lowest BCUT2D eigenvalue weighted by atomic mass is 10.2. The summed E-state index contributed by atoms with van der Waals surface area (Å²) in [5.74, 6) is 0.575. The van der Waals surface area contributed by atoms with Crippen LogP contribution in [0.25, 0.3) is 11.0 Å². The zero-order valence-electron chi connectivity index (χ0n) is 11.3. The number of rotatable bonds is 7. The van der Waals surface area contributed by atoms with Crippen LogP contribution >= 0.6 is 0 Å². The molecule has 0 atom stereocenters. The number of nitrogen functional groups attached to an aromatic ring is 1. The van der Waals surface area contributed by atoms with Crippen LogP contribution in [0, 0.1) is 5.92 Å². The van der Waals surface area contributed by atoms with Crippen LogP contribution in [0.4, 0.5) is 11.4 Å². The van der Waals surface area contributed by atoms with Crippen LogP contribution in [0.15, 0.2) is 16.8 Å². The van der Waals surface area contributed by atoms with Gasteiger partial charge in [0.25, 0.3) is 0 Å². The number of nitrogens with zero attached hydrogens (tertiary/aromatic N) is 2. The molecule has 0 aliphatic rings.